The SMILES string of the molecule is O=C(O)CC(NC(=O)CNC(=O)CCCCNc1ccccn1)c1ccc(-c2ccc(C(F)(F)F)cc2)cc1.[Na]. The number of hydrogen-bond acceptors (Lipinski definition) is 5. The van der Waals surface area contributed by atoms with E-state index in [1.165, 1.54) is 12.1 Å². The summed E-state index contributed by atoms with van der Waals surface area (Å²) in [6.45, 7) is 0.351. The van der Waals surface area contributed by atoms with Gasteiger partial charge in [0.15, 0.2) is 0 Å². The number of hydrogen-bond donors (Lipinski definition) is 4. The second-order valence-corrected chi connectivity index (χ2v) is 8.79. The number of carbonyl (C=O) groups is 3. The third-order valence-corrected chi connectivity index (χ3v) is 5.82. The summed E-state index contributed by atoms with van der Waals surface area (Å²) in [6.07, 6.45) is -1.55. The van der Waals surface area contributed by atoms with Crippen LogP contribution >= 0.6 is 0 Å². The van der Waals surface area contributed by atoms with Crippen LogP contribution in [0.4, 0.5) is 19.0 Å². The number of pyridine rings is 1. The molecule has 3 aromatic rings. The molecule has 40 heavy (non-hydrogen) atoms. The molecule has 3 rings (SSSR count). The second-order valence-electron chi connectivity index (χ2n) is 8.79. The van der Waals surface area contributed by atoms with Gasteiger partial charge in [-0.25, -0.2) is 4.98 Å². The van der Waals surface area contributed by atoms with Crippen LogP contribution in [0.3, 0.4) is 0 Å². The summed E-state index contributed by atoms with van der Waals surface area (Å²) < 4.78 is 38.4. The first-order valence-corrected chi connectivity index (χ1v) is 12.3. The maximum Gasteiger partial charge on any atom is 0.416 e. The summed E-state index contributed by atoms with van der Waals surface area (Å²) in [5, 5.41) is 17.6. The Morgan fingerprint density at radius 3 is 2.10 bits per heavy atom. The first-order valence-electron chi connectivity index (χ1n) is 12.3. The molecule has 1 aromatic heterocycles. The minimum atomic E-state index is -4.43. The number of unbranched alkanes of at least 4 members (excludes halogenated alkanes) is 1. The molecule has 8 nitrogen and oxygen atoms in total. The van der Waals surface area contributed by atoms with Crippen LogP contribution in [0.25, 0.3) is 11.1 Å². The molecule has 1 atom stereocenters. The van der Waals surface area contributed by atoms with E-state index in [1.807, 2.05) is 18.2 Å². The van der Waals surface area contributed by atoms with Crippen molar-refractivity contribution in [1.29, 1.82) is 0 Å². The largest absolute Gasteiger partial charge is 0.481 e. The number of carbonyl (C=O) groups excluding carboxylic acids is 2. The molecule has 1 unspecified atom stereocenters. The molecule has 1 radical (unpaired) electrons. The maximum absolute atomic E-state index is 12.8. The Balaban J connectivity index is 0.00000560. The zero-order valence-corrected chi connectivity index (χ0v) is 24.0. The summed E-state index contributed by atoms with van der Waals surface area (Å²) in [5.41, 5.74) is 0.948. The fourth-order valence-corrected chi connectivity index (χ4v) is 3.79. The van der Waals surface area contributed by atoms with Crippen molar-refractivity contribution in [3.05, 3.63) is 84.1 Å². The van der Waals surface area contributed by atoms with Gasteiger partial charge in [-0.3, -0.25) is 14.4 Å². The van der Waals surface area contributed by atoms with Crippen molar-refractivity contribution >= 4 is 53.2 Å². The van der Waals surface area contributed by atoms with E-state index in [0.29, 0.717) is 29.7 Å². The minimum absolute atomic E-state index is 0. The monoisotopic (exact) mass is 565 g/mol. The van der Waals surface area contributed by atoms with Crippen LogP contribution in [0.2, 0.25) is 0 Å². The summed E-state index contributed by atoms with van der Waals surface area (Å²) in [7, 11) is 0. The van der Waals surface area contributed by atoms with Crippen molar-refractivity contribution < 1.29 is 32.7 Å². The Labute approximate surface area is 252 Å². The molecular weight excluding hydrogens is 536 g/mol. The Hall–Kier alpha value is -3.41. The number of anilines is 1. The number of halogens is 3. The van der Waals surface area contributed by atoms with Crippen LogP contribution in [-0.2, 0) is 20.6 Å². The van der Waals surface area contributed by atoms with E-state index < -0.39 is 29.7 Å². The quantitative estimate of drug-likeness (QED) is 0.180. The molecule has 0 aliphatic heterocycles. The van der Waals surface area contributed by atoms with Gasteiger partial charge >= 0.3 is 12.1 Å². The molecule has 2 amide bonds. The topological polar surface area (TPSA) is 120 Å². The van der Waals surface area contributed by atoms with E-state index in [-0.39, 0.29) is 54.9 Å². The molecule has 1 heterocycles. The van der Waals surface area contributed by atoms with Gasteiger partial charge in [0, 0.05) is 48.7 Å². The first kappa shape index (κ1) is 32.8. The van der Waals surface area contributed by atoms with Crippen LogP contribution in [0.1, 0.15) is 42.9 Å². The van der Waals surface area contributed by atoms with Crippen LogP contribution in [0.15, 0.2) is 72.9 Å². The molecule has 0 bridgehead atoms. The van der Waals surface area contributed by atoms with Gasteiger partial charge in [-0.2, -0.15) is 13.2 Å². The second kappa shape index (κ2) is 16.0. The predicted octanol–water partition coefficient (Wildman–Crippen LogP) is 4.42. The van der Waals surface area contributed by atoms with E-state index in [4.69, 9.17) is 0 Å². The molecule has 0 aliphatic carbocycles. The molecule has 4 N–H and O–H groups in total. The molecule has 0 saturated heterocycles. The van der Waals surface area contributed by atoms with Crippen LogP contribution in [0, 0.1) is 0 Å². The number of aliphatic carboxylic acids is 1. The van der Waals surface area contributed by atoms with Gasteiger partial charge in [-0.15, -0.1) is 0 Å². The molecular formula is C28H29F3N4NaO4. The zero-order valence-electron chi connectivity index (χ0n) is 22.0. The van der Waals surface area contributed by atoms with Crippen LogP contribution in [0.5, 0.6) is 0 Å². The summed E-state index contributed by atoms with van der Waals surface area (Å²) >= 11 is 0. The molecule has 2 aromatic carbocycles. The number of carboxylic acids is 1. The molecule has 207 valence electrons. The first-order chi connectivity index (χ1) is 18.6. The average molecular weight is 566 g/mol. The van der Waals surface area contributed by atoms with Crippen molar-refractivity contribution in [3.63, 3.8) is 0 Å². The van der Waals surface area contributed by atoms with Gasteiger partial charge in [-0.05, 0) is 53.8 Å². The minimum Gasteiger partial charge on any atom is -0.481 e. The Bertz CT molecular complexity index is 1240. The van der Waals surface area contributed by atoms with E-state index in [9.17, 15) is 32.7 Å². The van der Waals surface area contributed by atoms with Crippen LogP contribution in [-0.4, -0.2) is 70.5 Å². The number of nitrogens with one attached hydrogen (secondary N) is 3. The van der Waals surface area contributed by atoms with E-state index in [0.717, 1.165) is 24.4 Å². The number of nitrogens with zero attached hydrogens (tertiary/aromatic N) is 1. The molecule has 0 spiro atoms. The van der Waals surface area contributed by atoms with Crippen molar-refractivity contribution in [2.45, 2.75) is 37.9 Å². The number of amides is 2. The van der Waals surface area contributed by atoms with Gasteiger partial charge in [0.25, 0.3) is 0 Å². The van der Waals surface area contributed by atoms with Gasteiger partial charge < -0.3 is 21.1 Å². The zero-order chi connectivity index (χ0) is 28.3. The normalized spacial score (nSPS) is 11.6. The number of carboxylic acid groups (broad SMARTS) is 1. The van der Waals surface area contributed by atoms with Crippen molar-refractivity contribution in [3.8, 4) is 11.1 Å². The van der Waals surface area contributed by atoms with Crippen molar-refractivity contribution in [2.24, 2.45) is 0 Å². The number of aromatic nitrogens is 1. The standard InChI is InChI=1S/C28H29F3N4O4.Na/c29-28(30,31)22-13-11-20(12-14-22)19-7-9-21(10-8-19)23(17-27(38)39)35-26(37)18-34-25(36)6-2-4-16-33-24-5-1-3-15-32-24;/h1,3,5,7-15,23H,2,4,6,16-18H2,(H,32,33)(H,34,36)(H,35,37)(H,38,39);. The average Bonchev–Trinajstić information content (AvgIpc) is 2.91. The Morgan fingerprint density at radius 2 is 1.52 bits per heavy atom. The molecule has 0 saturated carbocycles. The van der Waals surface area contributed by atoms with E-state index in [2.05, 4.69) is 20.9 Å². The fraction of sp³-hybridized carbons (Fsp3) is 0.286. The molecule has 0 fully saturated rings. The number of rotatable bonds is 13. The Kier molecular flexibility index (Phi) is 13.1. The third-order valence-electron chi connectivity index (χ3n) is 5.82. The van der Waals surface area contributed by atoms with Crippen molar-refractivity contribution in [2.75, 3.05) is 18.4 Å². The smallest absolute Gasteiger partial charge is 0.416 e. The van der Waals surface area contributed by atoms with Gasteiger partial charge in [0.05, 0.1) is 24.6 Å². The van der Waals surface area contributed by atoms with Gasteiger partial charge in [0.2, 0.25) is 11.8 Å². The number of alkyl halides is 3. The van der Waals surface area contributed by atoms with Gasteiger partial charge in [-0.1, -0.05) is 42.5 Å². The summed E-state index contributed by atoms with van der Waals surface area (Å²) in [4.78, 5) is 40.0. The third kappa shape index (κ3) is 11.0. The number of benzene rings is 2. The van der Waals surface area contributed by atoms with E-state index in [1.54, 1.807) is 30.5 Å². The fourth-order valence-electron chi connectivity index (χ4n) is 3.79. The predicted molar refractivity (Wildman–Crippen MR) is 145 cm³/mol. The van der Waals surface area contributed by atoms with Crippen molar-refractivity contribution in [1.82, 2.24) is 15.6 Å². The summed E-state index contributed by atoms with van der Waals surface area (Å²) in [5.74, 6) is -1.21. The molecule has 12 heteroatoms. The van der Waals surface area contributed by atoms with E-state index >= 15 is 0 Å². The molecule has 0 aliphatic rings. The van der Waals surface area contributed by atoms with Gasteiger partial charge in [0.1, 0.15) is 5.82 Å². The van der Waals surface area contributed by atoms with Crippen LogP contribution < -0.4 is 16.0 Å². The maximum atomic E-state index is 12.8. The summed E-state index contributed by atoms with van der Waals surface area (Å²) in [6, 6.07) is 15.9. The Morgan fingerprint density at radius 1 is 0.875 bits per heavy atom.